The Morgan fingerprint density at radius 2 is 1.94 bits per heavy atom. The number of hydrogen-bond donors (Lipinski definition) is 1. The highest BCUT2D eigenvalue weighted by atomic mass is 16.3. The van der Waals surface area contributed by atoms with Crippen LogP contribution in [-0.2, 0) is 6.42 Å². The molecule has 0 fully saturated rings. The van der Waals surface area contributed by atoms with E-state index in [1.54, 1.807) is 0 Å². The van der Waals surface area contributed by atoms with Crippen LogP contribution >= 0.6 is 0 Å². The Morgan fingerprint density at radius 3 is 2.41 bits per heavy atom. The van der Waals surface area contributed by atoms with Gasteiger partial charge in [0.25, 0.3) is 0 Å². The molecule has 0 aliphatic carbocycles. The highest BCUT2D eigenvalue weighted by molar-refractivity contribution is 5.06. The van der Waals surface area contributed by atoms with E-state index in [-0.39, 0.29) is 5.41 Å². The van der Waals surface area contributed by atoms with Gasteiger partial charge in [-0.25, -0.2) is 0 Å². The molecule has 1 heterocycles. The first-order valence-corrected chi connectivity index (χ1v) is 6.44. The van der Waals surface area contributed by atoms with E-state index in [1.807, 2.05) is 23.9 Å². The van der Waals surface area contributed by atoms with Gasteiger partial charge in [-0.05, 0) is 31.7 Å². The molecule has 0 amide bonds. The second-order valence-corrected chi connectivity index (χ2v) is 6.24. The molecular weight excluding hydrogens is 212 g/mol. The van der Waals surface area contributed by atoms with E-state index in [9.17, 15) is 5.11 Å². The van der Waals surface area contributed by atoms with E-state index in [2.05, 4.69) is 39.7 Å². The van der Waals surface area contributed by atoms with Gasteiger partial charge in [-0.3, -0.25) is 4.68 Å². The predicted octanol–water partition coefficient (Wildman–Crippen LogP) is 3.19. The van der Waals surface area contributed by atoms with Crippen molar-refractivity contribution in [2.75, 3.05) is 0 Å². The van der Waals surface area contributed by atoms with E-state index in [1.165, 1.54) is 0 Å². The molecule has 0 spiro atoms. The molecule has 0 bridgehead atoms. The third kappa shape index (κ3) is 3.32. The number of nitrogens with zero attached hydrogens (tertiary/aromatic N) is 2. The SMILES string of the molecule is CCC(C)n1ccc(CC(C)(O)C(C)(C)C)n1. The lowest BCUT2D eigenvalue weighted by molar-refractivity contribution is -0.0413. The lowest BCUT2D eigenvalue weighted by atomic mass is 9.75. The Hall–Kier alpha value is -0.830. The number of hydrogen-bond acceptors (Lipinski definition) is 2. The van der Waals surface area contributed by atoms with Gasteiger partial charge < -0.3 is 5.11 Å². The van der Waals surface area contributed by atoms with E-state index in [0.717, 1.165) is 12.1 Å². The molecule has 0 saturated heterocycles. The minimum atomic E-state index is -0.734. The summed E-state index contributed by atoms with van der Waals surface area (Å²) < 4.78 is 1.98. The van der Waals surface area contributed by atoms with Crippen molar-refractivity contribution in [1.82, 2.24) is 9.78 Å². The molecule has 0 saturated carbocycles. The van der Waals surface area contributed by atoms with Crippen LogP contribution in [0.3, 0.4) is 0 Å². The van der Waals surface area contributed by atoms with E-state index >= 15 is 0 Å². The Balaban J connectivity index is 2.80. The zero-order chi connectivity index (χ0) is 13.3. The molecule has 0 aromatic carbocycles. The van der Waals surface area contributed by atoms with Crippen LogP contribution in [0.4, 0.5) is 0 Å². The summed E-state index contributed by atoms with van der Waals surface area (Å²) in [6.07, 6.45) is 3.67. The van der Waals surface area contributed by atoms with E-state index < -0.39 is 5.60 Å². The van der Waals surface area contributed by atoms with Crippen LogP contribution in [0.15, 0.2) is 12.3 Å². The van der Waals surface area contributed by atoms with Gasteiger partial charge in [0.05, 0.1) is 11.3 Å². The van der Waals surface area contributed by atoms with Crippen molar-refractivity contribution in [3.63, 3.8) is 0 Å². The summed E-state index contributed by atoms with van der Waals surface area (Å²) >= 11 is 0. The van der Waals surface area contributed by atoms with Gasteiger partial charge in [0.1, 0.15) is 0 Å². The fourth-order valence-electron chi connectivity index (χ4n) is 1.52. The molecule has 1 aromatic heterocycles. The quantitative estimate of drug-likeness (QED) is 0.874. The number of aromatic nitrogens is 2. The lowest BCUT2D eigenvalue weighted by Crippen LogP contribution is -2.41. The minimum absolute atomic E-state index is 0.146. The number of rotatable bonds is 4. The van der Waals surface area contributed by atoms with Crippen molar-refractivity contribution >= 4 is 0 Å². The standard InChI is InChI=1S/C14H26N2O/c1-7-11(2)16-9-8-12(15-16)10-14(6,17)13(3,4)5/h8-9,11,17H,7,10H2,1-6H3. The monoisotopic (exact) mass is 238 g/mol. The Labute approximate surface area is 105 Å². The lowest BCUT2D eigenvalue weighted by Gasteiger charge is -2.36. The summed E-state index contributed by atoms with van der Waals surface area (Å²) in [4.78, 5) is 0. The van der Waals surface area contributed by atoms with Crippen LogP contribution in [0, 0.1) is 5.41 Å². The van der Waals surface area contributed by atoms with Gasteiger partial charge in [0, 0.05) is 18.7 Å². The molecule has 2 unspecified atom stereocenters. The molecule has 98 valence electrons. The van der Waals surface area contributed by atoms with Gasteiger partial charge in [-0.15, -0.1) is 0 Å². The first-order valence-electron chi connectivity index (χ1n) is 6.44. The molecule has 3 nitrogen and oxygen atoms in total. The van der Waals surface area contributed by atoms with Crippen LogP contribution in [0.1, 0.15) is 59.7 Å². The van der Waals surface area contributed by atoms with Crippen molar-refractivity contribution in [3.8, 4) is 0 Å². The fourth-order valence-corrected chi connectivity index (χ4v) is 1.52. The Kier molecular flexibility index (Phi) is 4.03. The van der Waals surface area contributed by atoms with Crippen LogP contribution in [0.25, 0.3) is 0 Å². The topological polar surface area (TPSA) is 38.0 Å². The second-order valence-electron chi connectivity index (χ2n) is 6.24. The molecule has 2 atom stereocenters. The average Bonchev–Trinajstić information content (AvgIpc) is 2.62. The molecule has 1 N–H and O–H groups in total. The van der Waals surface area contributed by atoms with Crippen molar-refractivity contribution in [2.24, 2.45) is 5.41 Å². The maximum atomic E-state index is 10.5. The molecular formula is C14H26N2O. The first-order chi connectivity index (χ1) is 7.67. The summed E-state index contributed by atoms with van der Waals surface area (Å²) in [5, 5.41) is 15.0. The predicted molar refractivity (Wildman–Crippen MR) is 71.0 cm³/mol. The van der Waals surface area contributed by atoms with Gasteiger partial charge in [0.2, 0.25) is 0 Å². The molecule has 0 aliphatic rings. The summed E-state index contributed by atoms with van der Waals surface area (Å²) in [7, 11) is 0. The van der Waals surface area contributed by atoms with Gasteiger partial charge in [-0.1, -0.05) is 27.7 Å². The average molecular weight is 238 g/mol. The minimum Gasteiger partial charge on any atom is -0.389 e. The normalized spacial score (nSPS) is 17.8. The van der Waals surface area contributed by atoms with Gasteiger partial charge >= 0.3 is 0 Å². The number of aliphatic hydroxyl groups is 1. The van der Waals surface area contributed by atoms with Gasteiger partial charge in [-0.2, -0.15) is 5.10 Å². The van der Waals surface area contributed by atoms with Crippen molar-refractivity contribution in [1.29, 1.82) is 0 Å². The third-order valence-corrected chi connectivity index (χ3v) is 3.85. The molecule has 1 aromatic rings. The molecule has 3 heteroatoms. The maximum absolute atomic E-state index is 10.5. The van der Waals surface area contributed by atoms with Crippen molar-refractivity contribution < 1.29 is 5.11 Å². The summed E-state index contributed by atoms with van der Waals surface area (Å²) in [6, 6.07) is 2.43. The largest absolute Gasteiger partial charge is 0.389 e. The maximum Gasteiger partial charge on any atom is 0.0723 e. The van der Waals surface area contributed by atoms with Crippen LogP contribution in [-0.4, -0.2) is 20.5 Å². The highest BCUT2D eigenvalue weighted by Crippen LogP contribution is 2.32. The third-order valence-electron chi connectivity index (χ3n) is 3.85. The smallest absolute Gasteiger partial charge is 0.0723 e. The van der Waals surface area contributed by atoms with Crippen molar-refractivity contribution in [2.45, 2.75) is 66.0 Å². The summed E-state index contributed by atoms with van der Waals surface area (Å²) in [6.45, 7) is 12.3. The van der Waals surface area contributed by atoms with Crippen LogP contribution in [0.5, 0.6) is 0 Å². The van der Waals surface area contributed by atoms with E-state index in [0.29, 0.717) is 12.5 Å². The fraction of sp³-hybridized carbons (Fsp3) is 0.786. The van der Waals surface area contributed by atoms with Crippen LogP contribution in [0.2, 0.25) is 0 Å². The molecule has 17 heavy (non-hydrogen) atoms. The second kappa shape index (κ2) is 4.81. The highest BCUT2D eigenvalue weighted by Gasteiger charge is 2.35. The Morgan fingerprint density at radius 1 is 1.35 bits per heavy atom. The molecule has 1 rings (SSSR count). The van der Waals surface area contributed by atoms with Crippen molar-refractivity contribution in [3.05, 3.63) is 18.0 Å². The summed E-state index contributed by atoms with van der Waals surface area (Å²) in [5.74, 6) is 0. The first kappa shape index (κ1) is 14.2. The van der Waals surface area contributed by atoms with E-state index in [4.69, 9.17) is 0 Å². The summed E-state index contributed by atoms with van der Waals surface area (Å²) in [5.41, 5.74) is 0.0830. The molecule has 0 aliphatic heterocycles. The Bertz CT molecular complexity index is 361. The zero-order valence-electron chi connectivity index (χ0n) is 12.0. The van der Waals surface area contributed by atoms with Crippen LogP contribution < -0.4 is 0 Å². The zero-order valence-corrected chi connectivity index (χ0v) is 12.0. The van der Waals surface area contributed by atoms with Gasteiger partial charge in [0.15, 0.2) is 0 Å². The molecule has 0 radical (unpaired) electrons.